The van der Waals surface area contributed by atoms with Crippen molar-refractivity contribution in [2.75, 3.05) is 20.3 Å². The normalized spacial score (nSPS) is 13.5. The molecule has 1 aromatic carbocycles. The van der Waals surface area contributed by atoms with Crippen LogP contribution in [-0.4, -0.2) is 36.5 Å². The van der Waals surface area contributed by atoms with Crippen LogP contribution in [0.15, 0.2) is 24.3 Å². The molecule has 0 saturated carbocycles. The lowest BCUT2D eigenvalue weighted by atomic mass is 9.92. The first-order chi connectivity index (χ1) is 13.0. The molecule has 6 heteroatoms. The second kappa shape index (κ2) is 8.48. The van der Waals surface area contributed by atoms with Crippen molar-refractivity contribution in [2.45, 2.75) is 39.2 Å². The van der Waals surface area contributed by atoms with Crippen LogP contribution < -0.4 is 5.32 Å². The molecule has 3 rings (SSSR count). The number of Topliss-reactive ketones (excluding diaryl/α,β-unsaturated/α-hetero) is 1. The number of hydrogen-bond donors (Lipinski definition) is 1. The van der Waals surface area contributed by atoms with Crippen molar-refractivity contribution in [3.8, 4) is 0 Å². The standard InChI is InChI=1S/C21H25FN2O3/c1-14-16(12-20(26)23-10-11-27-2)21-18(8-5-9-19(21)25)24(14)13-15-6-3-4-7-17(15)22/h3-4,6-7H,5,8-13H2,1-2H3,(H,23,26). The van der Waals surface area contributed by atoms with Gasteiger partial charge >= 0.3 is 0 Å². The summed E-state index contributed by atoms with van der Waals surface area (Å²) in [6.07, 6.45) is 2.19. The van der Waals surface area contributed by atoms with Gasteiger partial charge in [0.05, 0.1) is 19.6 Å². The summed E-state index contributed by atoms with van der Waals surface area (Å²) in [5.41, 5.74) is 3.79. The van der Waals surface area contributed by atoms with Crippen molar-refractivity contribution < 1.29 is 18.7 Å². The third-order valence-corrected chi connectivity index (χ3v) is 5.11. The van der Waals surface area contributed by atoms with E-state index in [0.29, 0.717) is 37.2 Å². The topological polar surface area (TPSA) is 60.3 Å². The number of amides is 1. The summed E-state index contributed by atoms with van der Waals surface area (Å²) in [5, 5.41) is 2.80. The highest BCUT2D eigenvalue weighted by atomic mass is 19.1. The van der Waals surface area contributed by atoms with E-state index in [9.17, 15) is 14.0 Å². The first kappa shape index (κ1) is 19.3. The maximum atomic E-state index is 14.1. The number of ketones is 1. The lowest BCUT2D eigenvalue weighted by Gasteiger charge is -2.16. The molecule has 1 heterocycles. The Morgan fingerprint density at radius 1 is 1.30 bits per heavy atom. The number of methoxy groups -OCH3 is 1. The number of nitrogens with zero attached hydrogens (tertiary/aromatic N) is 1. The smallest absolute Gasteiger partial charge is 0.224 e. The Balaban J connectivity index is 1.94. The molecule has 144 valence electrons. The largest absolute Gasteiger partial charge is 0.383 e. The highest BCUT2D eigenvalue weighted by molar-refractivity contribution is 6.01. The van der Waals surface area contributed by atoms with Gasteiger partial charge in [-0.05, 0) is 31.4 Å². The maximum Gasteiger partial charge on any atom is 0.224 e. The van der Waals surface area contributed by atoms with Crippen LogP contribution in [0, 0.1) is 12.7 Å². The van der Waals surface area contributed by atoms with E-state index in [2.05, 4.69) is 5.32 Å². The molecule has 27 heavy (non-hydrogen) atoms. The van der Waals surface area contributed by atoms with E-state index in [1.54, 1.807) is 25.3 Å². The van der Waals surface area contributed by atoms with E-state index < -0.39 is 0 Å². The van der Waals surface area contributed by atoms with Gasteiger partial charge in [0.2, 0.25) is 5.91 Å². The highest BCUT2D eigenvalue weighted by Crippen LogP contribution is 2.31. The van der Waals surface area contributed by atoms with E-state index >= 15 is 0 Å². The van der Waals surface area contributed by atoms with E-state index in [-0.39, 0.29) is 23.9 Å². The lowest BCUT2D eigenvalue weighted by molar-refractivity contribution is -0.120. The molecular weight excluding hydrogens is 347 g/mol. The predicted molar refractivity (Wildman–Crippen MR) is 101 cm³/mol. The monoisotopic (exact) mass is 372 g/mol. The first-order valence-corrected chi connectivity index (χ1v) is 9.26. The molecule has 1 aliphatic carbocycles. The van der Waals surface area contributed by atoms with Crippen LogP contribution in [-0.2, 0) is 28.9 Å². The van der Waals surface area contributed by atoms with Crippen LogP contribution >= 0.6 is 0 Å². The Labute approximate surface area is 158 Å². The SMILES string of the molecule is COCCNC(=O)Cc1c2c(n(Cc3ccccc3F)c1C)CCCC2=O. The molecule has 5 nitrogen and oxygen atoms in total. The average molecular weight is 372 g/mol. The zero-order valence-corrected chi connectivity index (χ0v) is 15.8. The number of carbonyl (C=O) groups excluding carboxylic acids is 2. The summed E-state index contributed by atoms with van der Waals surface area (Å²) in [6, 6.07) is 6.66. The molecule has 1 N–H and O–H groups in total. The van der Waals surface area contributed by atoms with E-state index in [4.69, 9.17) is 4.74 Å². The molecule has 2 aromatic rings. The number of hydrogen-bond acceptors (Lipinski definition) is 3. The Morgan fingerprint density at radius 3 is 2.81 bits per heavy atom. The molecule has 0 unspecified atom stereocenters. The molecule has 1 amide bonds. The van der Waals surface area contributed by atoms with Gasteiger partial charge in [-0.15, -0.1) is 0 Å². The van der Waals surface area contributed by atoms with Crippen molar-refractivity contribution in [1.82, 2.24) is 9.88 Å². The van der Waals surface area contributed by atoms with Gasteiger partial charge in [-0.3, -0.25) is 9.59 Å². The minimum atomic E-state index is -0.264. The van der Waals surface area contributed by atoms with Crippen LogP contribution in [0.25, 0.3) is 0 Å². The van der Waals surface area contributed by atoms with Gasteiger partial charge < -0.3 is 14.6 Å². The minimum Gasteiger partial charge on any atom is -0.383 e. The molecule has 0 aliphatic heterocycles. The molecule has 1 aliphatic rings. The molecule has 0 bridgehead atoms. The highest BCUT2D eigenvalue weighted by Gasteiger charge is 2.29. The summed E-state index contributed by atoms with van der Waals surface area (Å²) in [4.78, 5) is 24.9. The summed E-state index contributed by atoms with van der Waals surface area (Å²) in [7, 11) is 1.58. The Bertz CT molecular complexity index is 857. The van der Waals surface area contributed by atoms with Crippen molar-refractivity contribution in [1.29, 1.82) is 0 Å². The molecule has 0 radical (unpaired) electrons. The summed E-state index contributed by atoms with van der Waals surface area (Å²) in [5.74, 6) is -0.328. The van der Waals surface area contributed by atoms with Crippen molar-refractivity contribution in [3.05, 3.63) is 58.2 Å². The summed E-state index contributed by atoms with van der Waals surface area (Å²) < 4.78 is 21.1. The fourth-order valence-electron chi connectivity index (χ4n) is 3.73. The second-order valence-electron chi connectivity index (χ2n) is 6.86. The second-order valence-corrected chi connectivity index (χ2v) is 6.86. The number of carbonyl (C=O) groups is 2. The van der Waals surface area contributed by atoms with Gasteiger partial charge in [0.25, 0.3) is 0 Å². The molecule has 0 saturated heterocycles. The average Bonchev–Trinajstić information content (AvgIpc) is 2.90. The van der Waals surface area contributed by atoms with E-state index in [1.807, 2.05) is 11.5 Å². The zero-order chi connectivity index (χ0) is 19.4. The summed E-state index contributed by atoms with van der Waals surface area (Å²) in [6.45, 7) is 3.14. The van der Waals surface area contributed by atoms with Gasteiger partial charge in [0, 0.05) is 42.6 Å². The van der Waals surface area contributed by atoms with Crippen LogP contribution in [0.1, 0.15) is 45.7 Å². The number of rotatable bonds is 7. The predicted octanol–water partition coefficient (Wildman–Crippen LogP) is 2.81. The Kier molecular flexibility index (Phi) is 6.06. The third-order valence-electron chi connectivity index (χ3n) is 5.11. The Morgan fingerprint density at radius 2 is 2.07 bits per heavy atom. The van der Waals surface area contributed by atoms with Crippen molar-refractivity contribution in [2.24, 2.45) is 0 Å². The van der Waals surface area contributed by atoms with Crippen LogP contribution in [0.4, 0.5) is 4.39 Å². The quantitative estimate of drug-likeness (QED) is 0.761. The van der Waals surface area contributed by atoms with Gasteiger partial charge in [0.1, 0.15) is 5.82 Å². The number of nitrogens with one attached hydrogen (secondary N) is 1. The number of aromatic nitrogens is 1. The number of fused-ring (bicyclic) bond motifs is 1. The van der Waals surface area contributed by atoms with E-state index in [0.717, 1.165) is 29.8 Å². The van der Waals surface area contributed by atoms with Gasteiger partial charge in [-0.25, -0.2) is 4.39 Å². The number of benzene rings is 1. The molecule has 0 fully saturated rings. The number of halogens is 1. The fraction of sp³-hybridized carbons (Fsp3) is 0.429. The van der Waals surface area contributed by atoms with Crippen LogP contribution in [0.2, 0.25) is 0 Å². The molecule has 0 atom stereocenters. The van der Waals surface area contributed by atoms with Crippen LogP contribution in [0.5, 0.6) is 0 Å². The van der Waals surface area contributed by atoms with Crippen molar-refractivity contribution >= 4 is 11.7 Å². The van der Waals surface area contributed by atoms with Crippen LogP contribution in [0.3, 0.4) is 0 Å². The molecular formula is C21H25FN2O3. The third kappa shape index (κ3) is 4.11. The first-order valence-electron chi connectivity index (χ1n) is 9.26. The van der Waals surface area contributed by atoms with Gasteiger partial charge in [-0.1, -0.05) is 18.2 Å². The fourth-order valence-corrected chi connectivity index (χ4v) is 3.73. The van der Waals surface area contributed by atoms with Crippen molar-refractivity contribution in [3.63, 3.8) is 0 Å². The summed E-state index contributed by atoms with van der Waals surface area (Å²) >= 11 is 0. The minimum absolute atomic E-state index is 0.0753. The maximum absolute atomic E-state index is 14.1. The molecule has 1 aromatic heterocycles. The van der Waals surface area contributed by atoms with Gasteiger partial charge in [-0.2, -0.15) is 0 Å². The Hall–Kier alpha value is -2.47. The lowest BCUT2D eigenvalue weighted by Crippen LogP contribution is -2.29. The zero-order valence-electron chi connectivity index (χ0n) is 15.8. The number of ether oxygens (including phenoxy) is 1. The van der Waals surface area contributed by atoms with E-state index in [1.165, 1.54) is 6.07 Å². The van der Waals surface area contributed by atoms with Gasteiger partial charge in [0.15, 0.2) is 5.78 Å². The molecule has 0 spiro atoms.